The van der Waals surface area contributed by atoms with Crippen molar-refractivity contribution in [2.75, 3.05) is 46.5 Å². The summed E-state index contributed by atoms with van der Waals surface area (Å²) in [4.78, 5) is 26.0. The predicted octanol–water partition coefficient (Wildman–Crippen LogP) is 1.92. The Morgan fingerprint density at radius 2 is 1.97 bits per heavy atom. The zero-order chi connectivity index (χ0) is 22.3. The summed E-state index contributed by atoms with van der Waals surface area (Å²) in [5, 5.41) is -0.270. The van der Waals surface area contributed by atoms with Crippen molar-refractivity contribution < 1.29 is 31.9 Å². The van der Waals surface area contributed by atoms with Gasteiger partial charge in [-0.15, -0.1) is 0 Å². The second kappa shape index (κ2) is 11.0. The van der Waals surface area contributed by atoms with Crippen LogP contribution in [-0.4, -0.2) is 76.0 Å². The van der Waals surface area contributed by atoms with Gasteiger partial charge in [-0.2, -0.15) is 4.31 Å². The molecule has 1 aromatic carbocycles. The molecular weight excluding hydrogens is 439 g/mol. The summed E-state index contributed by atoms with van der Waals surface area (Å²) >= 11 is 5.71. The maximum atomic E-state index is 13.3. The summed E-state index contributed by atoms with van der Waals surface area (Å²) in [5.74, 6) is -1.85. The van der Waals surface area contributed by atoms with Gasteiger partial charge in [-0.05, 0) is 38.0 Å². The fourth-order valence-corrected chi connectivity index (χ4v) is 4.96. The Balaban J connectivity index is 2.03. The van der Waals surface area contributed by atoms with E-state index in [1.165, 1.54) is 22.4 Å². The van der Waals surface area contributed by atoms with Gasteiger partial charge in [-0.25, -0.2) is 12.8 Å². The lowest BCUT2D eigenvalue weighted by Gasteiger charge is -2.33. The molecular formula is C19H26ClFN2O6S. The Bertz CT molecular complexity index is 859. The predicted molar refractivity (Wildman–Crippen MR) is 108 cm³/mol. The van der Waals surface area contributed by atoms with E-state index in [9.17, 15) is 22.4 Å². The fourth-order valence-electron chi connectivity index (χ4n) is 3.22. The lowest BCUT2D eigenvalue weighted by atomic mass is 9.96. The number of amides is 1. The fraction of sp³-hybridized carbons (Fsp3) is 0.579. The van der Waals surface area contributed by atoms with E-state index >= 15 is 0 Å². The van der Waals surface area contributed by atoms with Gasteiger partial charge in [0.25, 0.3) is 0 Å². The minimum atomic E-state index is -3.85. The van der Waals surface area contributed by atoms with Crippen molar-refractivity contribution in [1.82, 2.24) is 9.21 Å². The number of carbonyl (C=O) groups excluding carboxylic acids is 2. The first-order valence-corrected chi connectivity index (χ1v) is 11.4. The van der Waals surface area contributed by atoms with Crippen LogP contribution in [0, 0.1) is 11.7 Å². The summed E-state index contributed by atoms with van der Waals surface area (Å²) < 4.78 is 50.1. The monoisotopic (exact) mass is 464 g/mol. The summed E-state index contributed by atoms with van der Waals surface area (Å²) in [6.07, 6.45) is 0.610. The van der Waals surface area contributed by atoms with E-state index in [0.717, 1.165) is 12.1 Å². The third kappa shape index (κ3) is 6.13. The van der Waals surface area contributed by atoms with Gasteiger partial charge in [0.2, 0.25) is 15.9 Å². The number of ether oxygens (including phenoxy) is 2. The molecule has 0 unspecified atom stereocenters. The molecule has 1 saturated heterocycles. The zero-order valence-electron chi connectivity index (χ0n) is 17.0. The highest BCUT2D eigenvalue weighted by Gasteiger charge is 2.34. The molecule has 0 atom stereocenters. The molecule has 2 rings (SSSR count). The SMILES string of the molecule is CCOC(=O)CN(CCOC)C(=O)C1CCN(S(=O)(=O)c2ccc(F)c(Cl)c2)CC1. The maximum Gasteiger partial charge on any atom is 0.325 e. The van der Waals surface area contributed by atoms with Crippen LogP contribution in [-0.2, 0) is 29.1 Å². The number of esters is 1. The number of carbonyl (C=O) groups is 2. The van der Waals surface area contributed by atoms with Crippen LogP contribution in [0.3, 0.4) is 0 Å². The first-order valence-electron chi connectivity index (χ1n) is 9.59. The van der Waals surface area contributed by atoms with Gasteiger partial charge in [0.15, 0.2) is 0 Å². The lowest BCUT2D eigenvalue weighted by Crippen LogP contribution is -2.46. The Labute approximate surface area is 180 Å². The molecule has 8 nitrogen and oxygen atoms in total. The smallest absolute Gasteiger partial charge is 0.325 e. The third-order valence-electron chi connectivity index (χ3n) is 4.83. The van der Waals surface area contributed by atoms with Crippen LogP contribution in [0.25, 0.3) is 0 Å². The summed E-state index contributed by atoms with van der Waals surface area (Å²) in [5.41, 5.74) is 0. The van der Waals surface area contributed by atoms with E-state index < -0.39 is 27.7 Å². The van der Waals surface area contributed by atoms with Gasteiger partial charge in [0, 0.05) is 32.7 Å². The second-order valence-corrected chi connectivity index (χ2v) is 9.16. The minimum Gasteiger partial charge on any atom is -0.465 e. The molecule has 1 amide bonds. The number of benzene rings is 1. The van der Waals surface area contributed by atoms with Gasteiger partial charge in [-0.3, -0.25) is 9.59 Å². The Kier molecular flexibility index (Phi) is 9.02. The minimum absolute atomic E-state index is 0.0947. The van der Waals surface area contributed by atoms with E-state index in [-0.39, 0.29) is 55.2 Å². The van der Waals surface area contributed by atoms with Crippen LogP contribution in [0.5, 0.6) is 0 Å². The molecule has 1 aromatic rings. The molecule has 1 heterocycles. The average Bonchev–Trinajstić information content (AvgIpc) is 2.72. The number of nitrogens with zero attached hydrogens (tertiary/aromatic N) is 2. The van der Waals surface area contributed by atoms with Crippen molar-refractivity contribution in [3.8, 4) is 0 Å². The quantitative estimate of drug-likeness (QED) is 0.518. The molecule has 0 N–H and O–H groups in total. The topological polar surface area (TPSA) is 93.2 Å². The average molecular weight is 465 g/mol. The number of halogens is 2. The van der Waals surface area contributed by atoms with Gasteiger partial charge in [-0.1, -0.05) is 11.6 Å². The first-order chi connectivity index (χ1) is 14.2. The van der Waals surface area contributed by atoms with Crippen molar-refractivity contribution >= 4 is 33.5 Å². The van der Waals surface area contributed by atoms with Gasteiger partial charge >= 0.3 is 5.97 Å². The van der Waals surface area contributed by atoms with Crippen molar-refractivity contribution in [1.29, 1.82) is 0 Å². The van der Waals surface area contributed by atoms with Crippen LogP contribution < -0.4 is 0 Å². The van der Waals surface area contributed by atoms with E-state index in [2.05, 4.69) is 0 Å². The molecule has 0 radical (unpaired) electrons. The molecule has 1 aliphatic heterocycles. The molecule has 1 fully saturated rings. The Morgan fingerprint density at radius 3 is 2.53 bits per heavy atom. The summed E-state index contributed by atoms with van der Waals surface area (Å²) in [6.45, 7) is 2.49. The molecule has 0 bridgehead atoms. The van der Waals surface area contributed by atoms with E-state index in [1.54, 1.807) is 6.92 Å². The molecule has 0 aromatic heterocycles. The van der Waals surface area contributed by atoms with Gasteiger partial charge in [0.05, 0.1) is 23.1 Å². The summed E-state index contributed by atoms with van der Waals surface area (Å²) in [6, 6.07) is 3.25. The molecule has 1 aliphatic rings. The van der Waals surface area contributed by atoms with E-state index in [1.807, 2.05) is 0 Å². The van der Waals surface area contributed by atoms with Crippen LogP contribution in [0.15, 0.2) is 23.1 Å². The maximum absolute atomic E-state index is 13.3. The number of rotatable bonds is 9. The molecule has 0 saturated carbocycles. The lowest BCUT2D eigenvalue weighted by molar-refractivity contribution is -0.151. The normalized spacial score (nSPS) is 15.7. The highest BCUT2D eigenvalue weighted by Crippen LogP contribution is 2.27. The standard InChI is InChI=1S/C19H26ClFN2O6S/c1-3-29-18(24)13-22(10-11-28-2)19(25)14-6-8-23(9-7-14)30(26,27)15-4-5-17(21)16(20)12-15/h4-5,12,14H,3,6-11,13H2,1-2H3. The Hall–Kier alpha value is -1.75. The van der Waals surface area contributed by atoms with E-state index in [0.29, 0.717) is 12.8 Å². The molecule has 0 spiro atoms. The number of methoxy groups -OCH3 is 1. The highest BCUT2D eigenvalue weighted by molar-refractivity contribution is 7.89. The molecule has 0 aliphatic carbocycles. The number of hydrogen-bond donors (Lipinski definition) is 0. The molecule has 30 heavy (non-hydrogen) atoms. The van der Waals surface area contributed by atoms with Crippen molar-refractivity contribution in [3.63, 3.8) is 0 Å². The largest absolute Gasteiger partial charge is 0.465 e. The van der Waals surface area contributed by atoms with Crippen LogP contribution in [0.1, 0.15) is 19.8 Å². The van der Waals surface area contributed by atoms with Gasteiger partial charge in [0.1, 0.15) is 12.4 Å². The molecule has 168 valence electrons. The number of sulfonamides is 1. The highest BCUT2D eigenvalue weighted by atomic mass is 35.5. The van der Waals surface area contributed by atoms with E-state index in [4.69, 9.17) is 21.1 Å². The zero-order valence-corrected chi connectivity index (χ0v) is 18.5. The number of hydrogen-bond acceptors (Lipinski definition) is 6. The molecule has 11 heteroatoms. The van der Waals surface area contributed by atoms with Crippen LogP contribution >= 0.6 is 11.6 Å². The summed E-state index contributed by atoms with van der Waals surface area (Å²) in [7, 11) is -2.35. The van der Waals surface area contributed by atoms with Crippen molar-refractivity contribution in [3.05, 3.63) is 29.0 Å². The third-order valence-corrected chi connectivity index (χ3v) is 7.02. The van der Waals surface area contributed by atoms with Gasteiger partial charge < -0.3 is 14.4 Å². The van der Waals surface area contributed by atoms with Crippen molar-refractivity contribution in [2.45, 2.75) is 24.7 Å². The second-order valence-electron chi connectivity index (χ2n) is 6.81. The van der Waals surface area contributed by atoms with Crippen molar-refractivity contribution in [2.24, 2.45) is 5.92 Å². The first kappa shape index (κ1) is 24.5. The van der Waals surface area contributed by atoms with Crippen LogP contribution in [0.4, 0.5) is 4.39 Å². The Morgan fingerprint density at radius 1 is 1.30 bits per heavy atom. The number of piperidine rings is 1. The van der Waals surface area contributed by atoms with Crippen LogP contribution in [0.2, 0.25) is 5.02 Å².